The fourth-order valence-corrected chi connectivity index (χ4v) is 3.20. The molecule has 4 rings (SSSR count). The standard InChI is InChI=1S/C18H17NO5/c1-21-15-5-3-4-10(18(15)22-2)12-7-14(20)11-6-16-17(24-9-23-16)8-13(11)19-12/h3-6,8,12,19H,7,9H2,1-2H3. The van der Waals surface area contributed by atoms with Crippen molar-refractivity contribution in [1.82, 2.24) is 0 Å². The van der Waals surface area contributed by atoms with Crippen LogP contribution in [0.3, 0.4) is 0 Å². The van der Waals surface area contributed by atoms with Crippen molar-refractivity contribution < 1.29 is 23.7 Å². The number of para-hydroxylation sites is 1. The minimum absolute atomic E-state index is 0.0527. The topological polar surface area (TPSA) is 66.0 Å². The smallest absolute Gasteiger partial charge is 0.231 e. The summed E-state index contributed by atoms with van der Waals surface area (Å²) in [5.74, 6) is 2.58. The van der Waals surface area contributed by atoms with Gasteiger partial charge >= 0.3 is 0 Å². The van der Waals surface area contributed by atoms with E-state index in [9.17, 15) is 4.79 Å². The summed E-state index contributed by atoms with van der Waals surface area (Å²) in [5, 5.41) is 3.41. The minimum atomic E-state index is -0.199. The Bertz CT molecular complexity index is 817. The highest BCUT2D eigenvalue weighted by molar-refractivity contribution is 6.04. The van der Waals surface area contributed by atoms with Crippen LogP contribution < -0.4 is 24.3 Å². The van der Waals surface area contributed by atoms with Gasteiger partial charge in [-0.15, -0.1) is 0 Å². The van der Waals surface area contributed by atoms with Crippen LogP contribution in [-0.4, -0.2) is 26.8 Å². The molecule has 2 aliphatic heterocycles. The van der Waals surface area contributed by atoms with E-state index < -0.39 is 0 Å². The molecule has 2 aromatic rings. The lowest BCUT2D eigenvalue weighted by molar-refractivity contribution is 0.0971. The van der Waals surface area contributed by atoms with Crippen molar-refractivity contribution in [3.8, 4) is 23.0 Å². The number of hydrogen-bond donors (Lipinski definition) is 1. The summed E-state index contributed by atoms with van der Waals surface area (Å²) in [6.45, 7) is 0.180. The Morgan fingerprint density at radius 2 is 1.92 bits per heavy atom. The van der Waals surface area contributed by atoms with Gasteiger partial charge in [-0.25, -0.2) is 0 Å². The molecule has 0 aromatic heterocycles. The normalized spacial score (nSPS) is 17.9. The Balaban J connectivity index is 1.74. The number of anilines is 1. The lowest BCUT2D eigenvalue weighted by Crippen LogP contribution is -2.23. The molecule has 0 fully saturated rings. The van der Waals surface area contributed by atoms with Crippen molar-refractivity contribution in [3.63, 3.8) is 0 Å². The van der Waals surface area contributed by atoms with Gasteiger partial charge in [-0.3, -0.25) is 4.79 Å². The maximum absolute atomic E-state index is 12.6. The van der Waals surface area contributed by atoms with Crippen LogP contribution >= 0.6 is 0 Å². The SMILES string of the molecule is COc1cccc(C2CC(=O)c3cc4c(cc3N2)OCO4)c1OC. The number of nitrogens with one attached hydrogen (secondary N) is 1. The molecular formula is C18H17NO5. The number of rotatable bonds is 3. The third kappa shape index (κ3) is 2.22. The molecule has 1 unspecified atom stereocenters. The van der Waals surface area contributed by atoms with Crippen LogP contribution in [0.15, 0.2) is 30.3 Å². The summed E-state index contributed by atoms with van der Waals surface area (Å²) < 4.78 is 21.6. The van der Waals surface area contributed by atoms with Gasteiger partial charge in [0.05, 0.1) is 20.3 Å². The van der Waals surface area contributed by atoms with E-state index in [1.165, 1.54) is 0 Å². The fourth-order valence-electron chi connectivity index (χ4n) is 3.20. The molecule has 0 aliphatic carbocycles. The molecule has 124 valence electrons. The van der Waals surface area contributed by atoms with E-state index in [1.807, 2.05) is 24.3 Å². The van der Waals surface area contributed by atoms with Crippen molar-refractivity contribution in [2.75, 3.05) is 26.3 Å². The van der Waals surface area contributed by atoms with E-state index in [4.69, 9.17) is 18.9 Å². The molecule has 0 bridgehead atoms. The first-order chi connectivity index (χ1) is 11.7. The number of methoxy groups -OCH3 is 2. The number of carbonyl (C=O) groups is 1. The quantitative estimate of drug-likeness (QED) is 0.934. The van der Waals surface area contributed by atoms with Crippen LogP contribution in [-0.2, 0) is 0 Å². The Hall–Kier alpha value is -2.89. The van der Waals surface area contributed by atoms with Crippen LogP contribution in [0.25, 0.3) is 0 Å². The molecule has 0 radical (unpaired) electrons. The van der Waals surface area contributed by atoms with Crippen molar-refractivity contribution in [3.05, 3.63) is 41.5 Å². The number of benzene rings is 2. The Labute approximate surface area is 139 Å². The second-order valence-corrected chi connectivity index (χ2v) is 5.66. The summed E-state index contributed by atoms with van der Waals surface area (Å²) in [7, 11) is 3.19. The highest BCUT2D eigenvalue weighted by Gasteiger charge is 2.31. The zero-order valence-electron chi connectivity index (χ0n) is 13.4. The van der Waals surface area contributed by atoms with Gasteiger partial charge < -0.3 is 24.3 Å². The predicted molar refractivity (Wildman–Crippen MR) is 87.4 cm³/mol. The van der Waals surface area contributed by atoms with Gasteiger partial charge in [-0.1, -0.05) is 12.1 Å². The molecule has 2 aliphatic rings. The van der Waals surface area contributed by atoms with Gasteiger partial charge in [-0.05, 0) is 12.1 Å². The van der Waals surface area contributed by atoms with Gasteiger partial charge in [0.25, 0.3) is 0 Å². The van der Waals surface area contributed by atoms with Crippen molar-refractivity contribution in [1.29, 1.82) is 0 Å². The summed E-state index contributed by atoms with van der Waals surface area (Å²) in [4.78, 5) is 12.6. The average Bonchev–Trinajstić information content (AvgIpc) is 3.06. The van der Waals surface area contributed by atoms with E-state index >= 15 is 0 Å². The van der Waals surface area contributed by atoms with Gasteiger partial charge in [0.2, 0.25) is 6.79 Å². The number of fused-ring (bicyclic) bond motifs is 2. The Morgan fingerprint density at radius 1 is 1.12 bits per heavy atom. The lowest BCUT2D eigenvalue weighted by atomic mass is 9.91. The van der Waals surface area contributed by atoms with Crippen LogP contribution in [0.2, 0.25) is 0 Å². The van der Waals surface area contributed by atoms with E-state index in [0.717, 1.165) is 11.3 Å². The van der Waals surface area contributed by atoms with Gasteiger partial charge in [-0.2, -0.15) is 0 Å². The summed E-state index contributed by atoms with van der Waals surface area (Å²) >= 11 is 0. The third-order valence-electron chi connectivity index (χ3n) is 4.34. The highest BCUT2D eigenvalue weighted by Crippen LogP contribution is 2.44. The second kappa shape index (κ2) is 5.63. The molecule has 0 saturated heterocycles. The Kier molecular flexibility index (Phi) is 3.45. The highest BCUT2D eigenvalue weighted by atomic mass is 16.7. The number of ketones is 1. The fraction of sp³-hybridized carbons (Fsp3) is 0.278. The number of hydrogen-bond acceptors (Lipinski definition) is 6. The number of carbonyl (C=O) groups excluding carboxylic acids is 1. The molecule has 1 N–H and O–H groups in total. The summed E-state index contributed by atoms with van der Waals surface area (Å²) in [6, 6.07) is 9.01. The van der Waals surface area contributed by atoms with E-state index in [-0.39, 0.29) is 18.6 Å². The Morgan fingerprint density at radius 3 is 2.67 bits per heavy atom. The molecule has 0 spiro atoms. The van der Waals surface area contributed by atoms with Gasteiger partial charge in [0, 0.05) is 29.3 Å². The van der Waals surface area contributed by atoms with Gasteiger partial charge in [0.15, 0.2) is 28.8 Å². The molecule has 6 heteroatoms. The molecule has 2 aromatic carbocycles. The molecule has 6 nitrogen and oxygen atoms in total. The van der Waals surface area contributed by atoms with Gasteiger partial charge in [0.1, 0.15) is 0 Å². The molecule has 1 atom stereocenters. The maximum Gasteiger partial charge on any atom is 0.231 e. The van der Waals surface area contributed by atoms with Crippen molar-refractivity contribution in [2.45, 2.75) is 12.5 Å². The van der Waals surface area contributed by atoms with Crippen molar-refractivity contribution in [2.24, 2.45) is 0 Å². The molecular weight excluding hydrogens is 310 g/mol. The monoisotopic (exact) mass is 327 g/mol. The van der Waals surface area contributed by atoms with Crippen LogP contribution in [0.4, 0.5) is 5.69 Å². The van der Waals surface area contributed by atoms with E-state index in [2.05, 4.69) is 5.32 Å². The number of Topliss-reactive ketones (excluding diaryl/α,β-unsaturated/α-hetero) is 1. The first-order valence-corrected chi connectivity index (χ1v) is 7.65. The predicted octanol–water partition coefficient (Wildman–Crippen LogP) is 3.17. The number of ether oxygens (including phenoxy) is 4. The largest absolute Gasteiger partial charge is 0.493 e. The molecule has 2 heterocycles. The average molecular weight is 327 g/mol. The lowest BCUT2D eigenvalue weighted by Gasteiger charge is -2.28. The first-order valence-electron chi connectivity index (χ1n) is 7.65. The zero-order chi connectivity index (χ0) is 16.7. The summed E-state index contributed by atoms with van der Waals surface area (Å²) in [5.41, 5.74) is 2.25. The zero-order valence-corrected chi connectivity index (χ0v) is 13.4. The third-order valence-corrected chi connectivity index (χ3v) is 4.34. The molecule has 0 saturated carbocycles. The first kappa shape index (κ1) is 14.7. The van der Waals surface area contributed by atoms with Crippen molar-refractivity contribution >= 4 is 11.5 Å². The summed E-state index contributed by atoms with van der Waals surface area (Å²) in [6.07, 6.45) is 0.330. The van der Waals surface area contributed by atoms with E-state index in [0.29, 0.717) is 35.0 Å². The van der Waals surface area contributed by atoms with Crippen LogP contribution in [0, 0.1) is 0 Å². The van der Waals surface area contributed by atoms with Crippen LogP contribution in [0.5, 0.6) is 23.0 Å². The maximum atomic E-state index is 12.6. The molecule has 0 amide bonds. The molecule has 24 heavy (non-hydrogen) atoms. The van der Waals surface area contributed by atoms with E-state index in [1.54, 1.807) is 20.3 Å². The van der Waals surface area contributed by atoms with Crippen LogP contribution in [0.1, 0.15) is 28.4 Å². The second-order valence-electron chi connectivity index (χ2n) is 5.66. The minimum Gasteiger partial charge on any atom is -0.493 e.